The van der Waals surface area contributed by atoms with Crippen molar-refractivity contribution in [1.82, 2.24) is 4.57 Å². The molecule has 0 aliphatic carbocycles. The lowest BCUT2D eigenvalue weighted by atomic mass is 9.93. The summed E-state index contributed by atoms with van der Waals surface area (Å²) in [6, 6.07) is 24.9. The highest BCUT2D eigenvalue weighted by Gasteiger charge is 2.35. The number of rotatable bonds is 8. The van der Waals surface area contributed by atoms with Gasteiger partial charge in [-0.15, -0.1) is 0 Å². The minimum absolute atomic E-state index is 0.164. The molecule has 0 amide bonds. The number of thiazole rings is 1. The van der Waals surface area contributed by atoms with Crippen LogP contribution < -0.4 is 19.6 Å². The van der Waals surface area contributed by atoms with E-state index in [1.165, 1.54) is 11.3 Å². The first-order chi connectivity index (χ1) is 22.6. The number of nitrogens with zero attached hydrogens (tertiary/aromatic N) is 2. The van der Waals surface area contributed by atoms with Crippen molar-refractivity contribution in [3.05, 3.63) is 155 Å². The molecule has 238 valence electrons. The molecular weight excluding hydrogens is 905 g/mol. The van der Waals surface area contributed by atoms with Gasteiger partial charge in [0.25, 0.3) is 5.56 Å². The molecule has 0 unspecified atom stereocenters. The standard InChI is InChI=1S/C35H23Cl3I2N2O4S/c1-2-45-34(44)29-30(19-6-4-3-5-7-19)41-35-42(31(29)20-8-11-23(36)12-9-20)33(43)28(47-35)15-22-14-25(39)17-27(40)32(22)46-18-21-10-13-24(37)16-26(21)38/h3-17,31H,2,18H2,1H3/b28-15-/t31-/m1/s1. The predicted octanol–water partition coefficient (Wildman–Crippen LogP) is 8.68. The van der Waals surface area contributed by atoms with Crippen molar-refractivity contribution in [2.75, 3.05) is 6.61 Å². The predicted molar refractivity (Wildman–Crippen MR) is 205 cm³/mol. The molecule has 5 aromatic rings. The Morgan fingerprint density at radius 2 is 1.70 bits per heavy atom. The SMILES string of the molecule is CCOC(=O)C1=C(c2ccccc2)N=c2s/c(=C\c3cc(I)cc(I)c3OCc3ccc(Cl)cc3Cl)c(=O)n2[C@@H]1c1ccc(Cl)cc1. The van der Waals surface area contributed by atoms with Crippen LogP contribution in [0.25, 0.3) is 11.8 Å². The molecule has 2 heterocycles. The zero-order valence-electron chi connectivity index (χ0n) is 24.5. The second-order valence-electron chi connectivity index (χ2n) is 10.3. The normalized spacial score (nSPS) is 14.5. The van der Waals surface area contributed by atoms with E-state index in [2.05, 4.69) is 45.2 Å². The van der Waals surface area contributed by atoms with Crippen LogP contribution >= 0.6 is 91.3 Å². The third-order valence-corrected chi connectivity index (χ3v) is 10.5. The van der Waals surface area contributed by atoms with Crippen molar-refractivity contribution < 1.29 is 14.3 Å². The average molecular weight is 928 g/mol. The Bertz CT molecular complexity index is 2220. The number of carbonyl (C=O) groups is 1. The smallest absolute Gasteiger partial charge is 0.338 e. The van der Waals surface area contributed by atoms with Gasteiger partial charge < -0.3 is 9.47 Å². The third-order valence-electron chi connectivity index (χ3n) is 7.27. The minimum atomic E-state index is -0.807. The molecule has 1 aromatic heterocycles. The molecule has 6 nitrogen and oxygen atoms in total. The highest BCUT2D eigenvalue weighted by Crippen LogP contribution is 2.36. The average Bonchev–Trinajstić information content (AvgIpc) is 3.35. The lowest BCUT2D eigenvalue weighted by Crippen LogP contribution is -2.40. The quantitative estimate of drug-likeness (QED) is 0.116. The molecule has 0 bridgehead atoms. The topological polar surface area (TPSA) is 69.9 Å². The number of ether oxygens (including phenoxy) is 2. The Labute approximate surface area is 316 Å². The fraction of sp³-hybridized carbons (Fsp3) is 0.114. The first-order valence-electron chi connectivity index (χ1n) is 14.2. The van der Waals surface area contributed by atoms with Crippen LogP contribution in [0.2, 0.25) is 15.1 Å². The molecule has 6 rings (SSSR count). The summed E-state index contributed by atoms with van der Waals surface area (Å²) in [4.78, 5) is 33.4. The summed E-state index contributed by atoms with van der Waals surface area (Å²) in [5.74, 6) is 0.0577. The van der Waals surface area contributed by atoms with Gasteiger partial charge in [0, 0.05) is 35.3 Å². The first kappa shape index (κ1) is 34.2. The maximum atomic E-state index is 14.4. The van der Waals surface area contributed by atoms with Crippen molar-refractivity contribution in [3.8, 4) is 5.75 Å². The van der Waals surface area contributed by atoms with Crippen LogP contribution in [0.1, 0.15) is 35.2 Å². The summed E-state index contributed by atoms with van der Waals surface area (Å²) < 4.78 is 15.7. The largest absolute Gasteiger partial charge is 0.487 e. The van der Waals surface area contributed by atoms with E-state index < -0.39 is 12.0 Å². The van der Waals surface area contributed by atoms with Crippen molar-refractivity contribution in [2.45, 2.75) is 19.6 Å². The van der Waals surface area contributed by atoms with Gasteiger partial charge in [0.05, 0.1) is 32.0 Å². The number of aromatic nitrogens is 1. The highest BCUT2D eigenvalue weighted by molar-refractivity contribution is 14.1. The molecule has 1 aliphatic rings. The van der Waals surface area contributed by atoms with E-state index >= 15 is 0 Å². The fourth-order valence-corrected chi connectivity index (χ4v) is 8.80. The van der Waals surface area contributed by atoms with E-state index in [9.17, 15) is 9.59 Å². The Morgan fingerprint density at radius 1 is 0.979 bits per heavy atom. The Kier molecular flexibility index (Phi) is 10.8. The highest BCUT2D eigenvalue weighted by atomic mass is 127. The van der Waals surface area contributed by atoms with E-state index in [1.54, 1.807) is 35.8 Å². The number of hydrogen-bond acceptors (Lipinski definition) is 6. The summed E-state index contributed by atoms with van der Waals surface area (Å²) in [5, 5.41) is 1.57. The maximum Gasteiger partial charge on any atom is 0.338 e. The molecule has 0 saturated carbocycles. The van der Waals surface area contributed by atoms with Crippen LogP contribution in [-0.2, 0) is 16.1 Å². The number of hydrogen-bond donors (Lipinski definition) is 0. The van der Waals surface area contributed by atoms with Crippen molar-refractivity contribution in [1.29, 1.82) is 0 Å². The van der Waals surface area contributed by atoms with Crippen LogP contribution in [0.5, 0.6) is 5.75 Å². The lowest BCUT2D eigenvalue weighted by molar-refractivity contribution is -0.138. The number of benzene rings is 4. The van der Waals surface area contributed by atoms with Gasteiger partial charge >= 0.3 is 5.97 Å². The molecule has 1 atom stereocenters. The second-order valence-corrected chi connectivity index (χ2v) is 15.0. The molecule has 0 radical (unpaired) electrons. The van der Waals surface area contributed by atoms with Crippen LogP contribution in [0.15, 0.2) is 100 Å². The van der Waals surface area contributed by atoms with Gasteiger partial charge in [0.1, 0.15) is 12.4 Å². The fourth-order valence-electron chi connectivity index (χ4n) is 5.17. The first-order valence-corrected chi connectivity index (χ1v) is 18.3. The van der Waals surface area contributed by atoms with E-state index in [0.29, 0.717) is 47.0 Å². The lowest BCUT2D eigenvalue weighted by Gasteiger charge is -2.26. The summed E-state index contributed by atoms with van der Waals surface area (Å²) in [6.07, 6.45) is 1.81. The Morgan fingerprint density at radius 3 is 2.40 bits per heavy atom. The number of esters is 1. The van der Waals surface area contributed by atoms with Crippen LogP contribution in [-0.4, -0.2) is 17.1 Å². The van der Waals surface area contributed by atoms with E-state index in [1.807, 2.05) is 66.7 Å². The molecule has 47 heavy (non-hydrogen) atoms. The zero-order chi connectivity index (χ0) is 33.2. The molecule has 1 aliphatic heterocycles. The van der Waals surface area contributed by atoms with Crippen molar-refractivity contribution in [3.63, 3.8) is 0 Å². The van der Waals surface area contributed by atoms with Gasteiger partial charge in [0.2, 0.25) is 0 Å². The van der Waals surface area contributed by atoms with E-state index in [4.69, 9.17) is 49.3 Å². The molecular formula is C35H23Cl3I2N2O4S. The summed E-state index contributed by atoms with van der Waals surface area (Å²) in [5.41, 5.74) is 3.34. The molecule has 4 aromatic carbocycles. The van der Waals surface area contributed by atoms with Gasteiger partial charge in [-0.05, 0) is 100 Å². The van der Waals surface area contributed by atoms with E-state index in [-0.39, 0.29) is 24.3 Å². The van der Waals surface area contributed by atoms with E-state index in [0.717, 1.165) is 18.3 Å². The molecule has 12 heteroatoms. The zero-order valence-corrected chi connectivity index (χ0v) is 31.9. The van der Waals surface area contributed by atoms with Gasteiger partial charge in [-0.25, -0.2) is 9.79 Å². The van der Waals surface area contributed by atoms with Crippen LogP contribution in [0, 0.1) is 7.14 Å². The van der Waals surface area contributed by atoms with Crippen LogP contribution in [0.3, 0.4) is 0 Å². The minimum Gasteiger partial charge on any atom is -0.487 e. The summed E-state index contributed by atoms with van der Waals surface area (Å²) in [7, 11) is 0. The van der Waals surface area contributed by atoms with Gasteiger partial charge in [-0.3, -0.25) is 9.36 Å². The monoisotopic (exact) mass is 926 g/mol. The number of halogens is 5. The van der Waals surface area contributed by atoms with Gasteiger partial charge in [-0.2, -0.15) is 0 Å². The molecule has 0 N–H and O–H groups in total. The van der Waals surface area contributed by atoms with Crippen LogP contribution in [0.4, 0.5) is 0 Å². The third kappa shape index (κ3) is 7.35. The Balaban J connectivity index is 1.55. The summed E-state index contributed by atoms with van der Waals surface area (Å²) in [6.45, 7) is 2.11. The second kappa shape index (κ2) is 14.8. The number of fused-ring (bicyclic) bond motifs is 1. The number of carbonyl (C=O) groups excluding carboxylic acids is 1. The van der Waals surface area contributed by atoms with Gasteiger partial charge in [-0.1, -0.05) is 94.7 Å². The van der Waals surface area contributed by atoms with Crippen molar-refractivity contribution >= 4 is 109 Å². The molecule has 0 saturated heterocycles. The van der Waals surface area contributed by atoms with Gasteiger partial charge in [0.15, 0.2) is 4.80 Å². The summed E-state index contributed by atoms with van der Waals surface area (Å²) >= 11 is 24.5. The molecule has 0 spiro atoms. The maximum absolute atomic E-state index is 14.4. The Hall–Kier alpha value is -2.68. The molecule has 0 fully saturated rings. The van der Waals surface area contributed by atoms with Crippen molar-refractivity contribution in [2.24, 2.45) is 4.99 Å².